The van der Waals surface area contributed by atoms with Gasteiger partial charge in [0.2, 0.25) is 5.91 Å². The van der Waals surface area contributed by atoms with Gasteiger partial charge < -0.3 is 19.9 Å². The molecule has 1 atom stereocenters. The molecule has 1 aromatic rings. The van der Waals surface area contributed by atoms with Crippen molar-refractivity contribution in [2.75, 3.05) is 33.4 Å². The number of methoxy groups -OCH3 is 1. The van der Waals surface area contributed by atoms with Crippen molar-refractivity contribution in [2.24, 2.45) is 5.41 Å². The summed E-state index contributed by atoms with van der Waals surface area (Å²) in [7, 11) is 1.67. The molecule has 6 nitrogen and oxygen atoms in total. The first-order valence-corrected chi connectivity index (χ1v) is 11.1. The Morgan fingerprint density at radius 1 is 1.17 bits per heavy atom. The molecule has 0 aromatic heterocycles. The zero-order chi connectivity index (χ0) is 20.3. The number of carbonyl (C=O) groups is 2. The Labute approximate surface area is 173 Å². The van der Waals surface area contributed by atoms with Crippen LogP contribution in [0.3, 0.4) is 0 Å². The Bertz CT molecular complexity index is 709. The zero-order valence-corrected chi connectivity index (χ0v) is 17.4. The highest BCUT2D eigenvalue weighted by Gasteiger charge is 2.63. The lowest BCUT2D eigenvalue weighted by Gasteiger charge is -2.59. The van der Waals surface area contributed by atoms with Gasteiger partial charge in [0.25, 0.3) is 0 Å². The van der Waals surface area contributed by atoms with E-state index >= 15 is 0 Å². The minimum atomic E-state index is -0.169. The van der Waals surface area contributed by atoms with E-state index in [9.17, 15) is 9.59 Å². The number of ether oxygens (including phenoxy) is 1. The lowest BCUT2D eigenvalue weighted by Crippen LogP contribution is -2.66. The number of carbonyl (C=O) groups excluding carboxylic acids is 2. The van der Waals surface area contributed by atoms with Crippen molar-refractivity contribution < 1.29 is 14.3 Å². The topological polar surface area (TPSA) is 61.9 Å². The Kier molecular flexibility index (Phi) is 6.09. The summed E-state index contributed by atoms with van der Waals surface area (Å²) < 4.78 is 5.02. The number of nitrogens with zero attached hydrogens (tertiary/aromatic N) is 2. The highest BCUT2D eigenvalue weighted by Crippen LogP contribution is 2.60. The van der Waals surface area contributed by atoms with Crippen LogP contribution in [0.2, 0.25) is 0 Å². The molecule has 2 heterocycles. The maximum absolute atomic E-state index is 13.3. The van der Waals surface area contributed by atoms with Gasteiger partial charge in [-0.3, -0.25) is 4.79 Å². The van der Waals surface area contributed by atoms with Gasteiger partial charge >= 0.3 is 6.03 Å². The third-order valence-corrected chi connectivity index (χ3v) is 7.02. The minimum Gasteiger partial charge on any atom is -0.385 e. The molecule has 6 heteroatoms. The van der Waals surface area contributed by atoms with Crippen molar-refractivity contribution in [3.05, 3.63) is 35.9 Å². The summed E-state index contributed by atoms with van der Waals surface area (Å²) in [5.41, 5.74) is 1.10. The van der Waals surface area contributed by atoms with Gasteiger partial charge in [0.05, 0.1) is 11.5 Å². The maximum atomic E-state index is 13.3. The minimum absolute atomic E-state index is 0.00126. The first kappa shape index (κ1) is 20.2. The van der Waals surface area contributed by atoms with Crippen LogP contribution in [-0.4, -0.2) is 61.1 Å². The Morgan fingerprint density at radius 3 is 2.52 bits per heavy atom. The van der Waals surface area contributed by atoms with Crippen LogP contribution in [0, 0.1) is 5.41 Å². The van der Waals surface area contributed by atoms with Crippen LogP contribution < -0.4 is 5.32 Å². The van der Waals surface area contributed by atoms with Crippen LogP contribution in [-0.2, 0) is 9.53 Å². The van der Waals surface area contributed by atoms with Crippen molar-refractivity contribution in [1.82, 2.24) is 15.1 Å². The number of hydrogen-bond acceptors (Lipinski definition) is 3. The summed E-state index contributed by atoms with van der Waals surface area (Å²) >= 11 is 0. The molecule has 2 saturated heterocycles. The zero-order valence-electron chi connectivity index (χ0n) is 17.4. The smallest absolute Gasteiger partial charge is 0.317 e. The number of likely N-dealkylation sites (tertiary alicyclic amines) is 2. The first-order chi connectivity index (χ1) is 14.2. The highest BCUT2D eigenvalue weighted by atomic mass is 16.5. The summed E-state index contributed by atoms with van der Waals surface area (Å²) in [4.78, 5) is 29.7. The predicted molar refractivity (Wildman–Crippen MR) is 111 cm³/mol. The third-order valence-electron chi connectivity index (χ3n) is 7.02. The molecule has 2 aliphatic heterocycles. The fraction of sp³-hybridized carbons (Fsp3) is 0.652. The number of benzene rings is 1. The van der Waals surface area contributed by atoms with E-state index in [2.05, 4.69) is 34.5 Å². The molecule has 1 aromatic carbocycles. The van der Waals surface area contributed by atoms with Gasteiger partial charge in [-0.15, -0.1) is 0 Å². The van der Waals surface area contributed by atoms with E-state index in [0.717, 1.165) is 44.9 Å². The van der Waals surface area contributed by atoms with E-state index < -0.39 is 0 Å². The molecule has 1 saturated carbocycles. The van der Waals surface area contributed by atoms with Crippen LogP contribution in [0.1, 0.15) is 56.6 Å². The highest BCUT2D eigenvalue weighted by molar-refractivity contribution is 5.91. The fourth-order valence-corrected chi connectivity index (χ4v) is 5.55. The van der Waals surface area contributed by atoms with Gasteiger partial charge in [-0.2, -0.15) is 0 Å². The average Bonchev–Trinajstić information content (AvgIpc) is 3.28. The lowest BCUT2D eigenvalue weighted by atomic mass is 9.65. The van der Waals surface area contributed by atoms with E-state index in [0.29, 0.717) is 32.1 Å². The number of amides is 3. The molecule has 1 aliphatic carbocycles. The van der Waals surface area contributed by atoms with Crippen molar-refractivity contribution in [3.8, 4) is 0 Å². The van der Waals surface area contributed by atoms with Gasteiger partial charge in [0, 0.05) is 39.4 Å². The van der Waals surface area contributed by atoms with Crippen molar-refractivity contribution >= 4 is 11.9 Å². The van der Waals surface area contributed by atoms with Crippen LogP contribution in [0.25, 0.3) is 0 Å². The van der Waals surface area contributed by atoms with E-state index in [1.807, 2.05) is 11.0 Å². The lowest BCUT2D eigenvalue weighted by molar-refractivity contribution is -0.180. The number of piperidine rings is 1. The van der Waals surface area contributed by atoms with Crippen LogP contribution in [0.4, 0.5) is 4.79 Å². The molecule has 158 valence electrons. The molecule has 3 aliphatic rings. The van der Waals surface area contributed by atoms with E-state index in [-0.39, 0.29) is 23.5 Å². The van der Waals surface area contributed by atoms with Gasteiger partial charge in [-0.05, 0) is 37.7 Å². The molecule has 3 amide bonds. The van der Waals surface area contributed by atoms with Gasteiger partial charge in [-0.1, -0.05) is 43.2 Å². The Morgan fingerprint density at radius 2 is 1.86 bits per heavy atom. The normalized spacial score (nSPS) is 24.0. The van der Waals surface area contributed by atoms with Crippen LogP contribution in [0.15, 0.2) is 30.3 Å². The Balaban J connectivity index is 1.39. The molecule has 1 unspecified atom stereocenters. The van der Waals surface area contributed by atoms with Crippen molar-refractivity contribution in [1.29, 1.82) is 0 Å². The molecule has 1 spiro atoms. The Hall–Kier alpha value is -2.08. The molecule has 0 radical (unpaired) electrons. The number of rotatable bonds is 6. The van der Waals surface area contributed by atoms with E-state index in [1.165, 1.54) is 5.56 Å². The number of hydrogen-bond donors (Lipinski definition) is 1. The average molecular weight is 400 g/mol. The number of nitrogens with one attached hydrogen (secondary N) is 1. The molecular formula is C23H33N3O3. The third kappa shape index (κ3) is 3.75. The first-order valence-electron chi connectivity index (χ1n) is 11.1. The van der Waals surface area contributed by atoms with E-state index in [1.54, 1.807) is 7.11 Å². The van der Waals surface area contributed by atoms with Crippen LogP contribution >= 0.6 is 0 Å². The molecule has 4 rings (SSSR count). The largest absolute Gasteiger partial charge is 0.385 e. The standard InChI is InChI=1S/C23H33N3O3/c1-29-17-7-14-24-22(28)25-15-10-19(11-16-25)26-20(18-8-3-2-4-9-18)23(21(26)27)12-5-6-13-23/h2-4,8-9,19-20H,5-7,10-17H2,1H3,(H,24,28). The quantitative estimate of drug-likeness (QED) is 0.589. The van der Waals surface area contributed by atoms with Crippen molar-refractivity contribution in [3.63, 3.8) is 0 Å². The summed E-state index contributed by atoms with van der Waals surface area (Å²) in [6.45, 7) is 2.70. The van der Waals surface area contributed by atoms with Crippen molar-refractivity contribution in [2.45, 2.75) is 57.0 Å². The summed E-state index contributed by atoms with van der Waals surface area (Å²) in [6, 6.07) is 11.0. The van der Waals surface area contributed by atoms with Crippen LogP contribution in [0.5, 0.6) is 0 Å². The molecule has 1 N–H and O–H groups in total. The van der Waals surface area contributed by atoms with Gasteiger partial charge in [0.15, 0.2) is 0 Å². The van der Waals surface area contributed by atoms with Gasteiger partial charge in [0.1, 0.15) is 0 Å². The summed E-state index contributed by atoms with van der Waals surface area (Å²) in [6.07, 6.45) is 6.89. The summed E-state index contributed by atoms with van der Waals surface area (Å²) in [5, 5.41) is 2.97. The molecule has 29 heavy (non-hydrogen) atoms. The monoisotopic (exact) mass is 399 g/mol. The molecule has 0 bridgehead atoms. The molecule has 3 fully saturated rings. The van der Waals surface area contributed by atoms with Gasteiger partial charge in [-0.25, -0.2) is 4.79 Å². The second kappa shape index (κ2) is 8.74. The SMILES string of the molecule is COCCCNC(=O)N1CCC(N2C(=O)C3(CCCC3)C2c2ccccc2)CC1. The number of urea groups is 1. The van der Waals surface area contributed by atoms with E-state index in [4.69, 9.17) is 4.74 Å². The summed E-state index contributed by atoms with van der Waals surface area (Å²) in [5.74, 6) is 0.353. The predicted octanol–water partition coefficient (Wildman–Crippen LogP) is 3.34. The number of β-lactam (4-membered cyclic amide) rings is 1. The second-order valence-corrected chi connectivity index (χ2v) is 8.69. The fourth-order valence-electron chi connectivity index (χ4n) is 5.55. The maximum Gasteiger partial charge on any atom is 0.317 e. The second-order valence-electron chi connectivity index (χ2n) is 8.69. The molecular weight excluding hydrogens is 366 g/mol.